The fourth-order valence-corrected chi connectivity index (χ4v) is 5.25. The summed E-state index contributed by atoms with van der Waals surface area (Å²) in [5.74, 6) is 0.376. The number of ether oxygens (including phenoxy) is 1. The number of aryl methyl sites for hydroxylation is 1. The molecule has 8 nitrogen and oxygen atoms in total. The number of nitrogens with zero attached hydrogens (tertiary/aromatic N) is 1. The van der Waals surface area contributed by atoms with E-state index in [1.807, 2.05) is 60.4 Å². The largest absolute Gasteiger partial charge is 0.491 e. The number of benzene rings is 2. The number of rotatable bonds is 6. The molecule has 2 aromatic carbocycles. The average molecular weight is 501 g/mol. The third kappa shape index (κ3) is 5.03. The second kappa shape index (κ2) is 10.2. The first-order valence-corrected chi connectivity index (χ1v) is 12.6. The molecule has 2 amide bonds. The van der Waals surface area contributed by atoms with Gasteiger partial charge in [0.2, 0.25) is 0 Å². The number of amides is 2. The number of carbonyl (C=O) groups excluding carboxylic acids is 2. The molecule has 1 saturated heterocycles. The number of piperazine rings is 1. The molecule has 192 valence electrons. The maximum Gasteiger partial charge on any atom is 0.256 e. The summed E-state index contributed by atoms with van der Waals surface area (Å²) in [7, 11) is 0. The Kier molecular flexibility index (Phi) is 6.86. The van der Waals surface area contributed by atoms with Crippen molar-refractivity contribution in [1.82, 2.24) is 15.2 Å². The quantitative estimate of drug-likeness (QED) is 0.387. The fourth-order valence-electron chi connectivity index (χ4n) is 5.25. The molecule has 0 saturated carbocycles. The van der Waals surface area contributed by atoms with E-state index in [0.717, 1.165) is 28.1 Å². The van der Waals surface area contributed by atoms with Crippen molar-refractivity contribution < 1.29 is 19.4 Å². The number of aromatic amines is 1. The highest BCUT2D eigenvalue weighted by Gasteiger charge is 2.30. The number of fused-ring (bicyclic) bond motifs is 1. The van der Waals surface area contributed by atoms with Gasteiger partial charge in [-0.15, -0.1) is 0 Å². The number of hydrogen-bond donors (Lipinski definition) is 4. The molecule has 2 atom stereocenters. The summed E-state index contributed by atoms with van der Waals surface area (Å²) in [5.41, 5.74) is 5.78. The van der Waals surface area contributed by atoms with Crippen LogP contribution in [0.2, 0.25) is 0 Å². The third-order valence-electron chi connectivity index (χ3n) is 6.68. The van der Waals surface area contributed by atoms with Crippen molar-refractivity contribution in [3.8, 4) is 16.9 Å². The molecule has 0 unspecified atom stereocenters. The molecule has 2 aliphatic heterocycles. The SMILES string of the molecule is Cc1cc(C(=O)N2C[C@@H](C)N[C@@H](C)C2)c(/C=C2\C(=O)Nc3cccc(-c4cccc(OCCO)c4)c32)[nH]1. The van der Waals surface area contributed by atoms with Gasteiger partial charge in [0.15, 0.2) is 0 Å². The Labute approximate surface area is 216 Å². The molecule has 0 bridgehead atoms. The lowest BCUT2D eigenvalue weighted by atomic mass is 9.94. The van der Waals surface area contributed by atoms with E-state index in [9.17, 15) is 9.59 Å². The van der Waals surface area contributed by atoms with Crippen LogP contribution in [-0.2, 0) is 4.79 Å². The Balaban J connectivity index is 1.55. The normalized spacial score (nSPS) is 20.2. The molecular weight excluding hydrogens is 468 g/mol. The molecule has 0 radical (unpaired) electrons. The lowest BCUT2D eigenvalue weighted by molar-refractivity contribution is -0.110. The van der Waals surface area contributed by atoms with Gasteiger partial charge in [-0.05, 0) is 62.2 Å². The van der Waals surface area contributed by atoms with Crippen LogP contribution in [-0.4, -0.2) is 65.2 Å². The van der Waals surface area contributed by atoms with Crippen molar-refractivity contribution in [3.63, 3.8) is 0 Å². The topological polar surface area (TPSA) is 107 Å². The van der Waals surface area contributed by atoms with E-state index in [4.69, 9.17) is 9.84 Å². The van der Waals surface area contributed by atoms with Crippen molar-refractivity contribution in [1.29, 1.82) is 0 Å². The Hall–Kier alpha value is -3.88. The second-order valence-electron chi connectivity index (χ2n) is 9.80. The first kappa shape index (κ1) is 24.8. The highest BCUT2D eigenvalue weighted by atomic mass is 16.5. The van der Waals surface area contributed by atoms with Crippen molar-refractivity contribution in [2.75, 3.05) is 31.6 Å². The molecule has 37 heavy (non-hydrogen) atoms. The lowest BCUT2D eigenvalue weighted by Crippen LogP contribution is -2.55. The predicted molar refractivity (Wildman–Crippen MR) is 144 cm³/mol. The summed E-state index contributed by atoms with van der Waals surface area (Å²) in [4.78, 5) is 31.9. The minimum absolute atomic E-state index is 0.0444. The summed E-state index contributed by atoms with van der Waals surface area (Å²) < 4.78 is 5.60. The van der Waals surface area contributed by atoms with Gasteiger partial charge in [-0.1, -0.05) is 24.3 Å². The Bertz CT molecular complexity index is 1370. The highest BCUT2D eigenvalue weighted by Crippen LogP contribution is 2.41. The van der Waals surface area contributed by atoms with Crippen LogP contribution in [0.3, 0.4) is 0 Å². The zero-order valence-electron chi connectivity index (χ0n) is 21.3. The maximum atomic E-state index is 13.6. The molecule has 1 fully saturated rings. The number of anilines is 1. The molecule has 4 N–H and O–H groups in total. The number of hydrogen-bond acceptors (Lipinski definition) is 5. The van der Waals surface area contributed by atoms with Crippen molar-refractivity contribution in [2.45, 2.75) is 32.9 Å². The van der Waals surface area contributed by atoms with E-state index in [1.54, 1.807) is 6.08 Å². The van der Waals surface area contributed by atoms with Crippen LogP contribution >= 0.6 is 0 Å². The Morgan fingerprint density at radius 1 is 1.14 bits per heavy atom. The van der Waals surface area contributed by atoms with Crippen LogP contribution < -0.4 is 15.4 Å². The van der Waals surface area contributed by atoms with Gasteiger partial charge in [0.1, 0.15) is 12.4 Å². The number of aliphatic hydroxyl groups excluding tert-OH is 1. The zero-order chi connectivity index (χ0) is 26.1. The minimum atomic E-state index is -0.217. The molecular formula is C29H32N4O4. The number of carbonyl (C=O) groups is 2. The molecule has 2 aliphatic rings. The highest BCUT2D eigenvalue weighted by molar-refractivity contribution is 6.36. The summed E-state index contributed by atoms with van der Waals surface area (Å²) in [6.45, 7) is 7.46. The van der Waals surface area contributed by atoms with Gasteiger partial charge in [0.25, 0.3) is 11.8 Å². The molecule has 3 aromatic rings. The summed E-state index contributed by atoms with van der Waals surface area (Å²) in [5, 5.41) is 15.5. The number of aromatic nitrogens is 1. The van der Waals surface area contributed by atoms with Gasteiger partial charge in [-0.25, -0.2) is 0 Å². The fraction of sp³-hybridized carbons (Fsp3) is 0.310. The van der Waals surface area contributed by atoms with E-state index in [2.05, 4.69) is 29.5 Å². The van der Waals surface area contributed by atoms with E-state index in [-0.39, 0.29) is 37.1 Å². The molecule has 8 heteroatoms. The van der Waals surface area contributed by atoms with E-state index in [1.165, 1.54) is 0 Å². The van der Waals surface area contributed by atoms with Crippen molar-refractivity contribution in [2.24, 2.45) is 0 Å². The zero-order valence-corrected chi connectivity index (χ0v) is 21.3. The minimum Gasteiger partial charge on any atom is -0.491 e. The predicted octanol–water partition coefficient (Wildman–Crippen LogP) is 3.68. The molecule has 5 rings (SSSR count). The smallest absolute Gasteiger partial charge is 0.256 e. The monoisotopic (exact) mass is 500 g/mol. The van der Waals surface area contributed by atoms with Gasteiger partial charge in [0, 0.05) is 42.1 Å². The van der Waals surface area contributed by atoms with E-state index in [0.29, 0.717) is 35.7 Å². The van der Waals surface area contributed by atoms with Crippen LogP contribution in [0.1, 0.15) is 41.2 Å². The van der Waals surface area contributed by atoms with Crippen LogP contribution in [0.15, 0.2) is 48.5 Å². The Morgan fingerprint density at radius 3 is 2.65 bits per heavy atom. The summed E-state index contributed by atoms with van der Waals surface area (Å²) in [6, 6.07) is 15.6. The van der Waals surface area contributed by atoms with Gasteiger partial charge in [0.05, 0.1) is 23.4 Å². The summed E-state index contributed by atoms with van der Waals surface area (Å²) >= 11 is 0. The third-order valence-corrected chi connectivity index (χ3v) is 6.68. The van der Waals surface area contributed by atoms with E-state index >= 15 is 0 Å². The number of nitrogens with one attached hydrogen (secondary N) is 3. The van der Waals surface area contributed by atoms with Gasteiger partial charge >= 0.3 is 0 Å². The molecule has 0 spiro atoms. The Morgan fingerprint density at radius 2 is 1.89 bits per heavy atom. The van der Waals surface area contributed by atoms with Gasteiger partial charge in [-0.2, -0.15) is 0 Å². The van der Waals surface area contributed by atoms with Gasteiger partial charge < -0.3 is 30.4 Å². The first-order valence-electron chi connectivity index (χ1n) is 12.6. The van der Waals surface area contributed by atoms with Crippen molar-refractivity contribution >= 4 is 29.2 Å². The van der Waals surface area contributed by atoms with Crippen LogP contribution in [0.5, 0.6) is 5.75 Å². The average Bonchev–Trinajstić information content (AvgIpc) is 3.40. The number of aliphatic hydroxyl groups is 1. The van der Waals surface area contributed by atoms with Crippen molar-refractivity contribution in [3.05, 3.63) is 71.0 Å². The van der Waals surface area contributed by atoms with Crippen LogP contribution in [0.4, 0.5) is 5.69 Å². The lowest BCUT2D eigenvalue weighted by Gasteiger charge is -2.36. The van der Waals surface area contributed by atoms with Crippen LogP contribution in [0, 0.1) is 6.92 Å². The van der Waals surface area contributed by atoms with E-state index < -0.39 is 0 Å². The van der Waals surface area contributed by atoms with Gasteiger partial charge in [-0.3, -0.25) is 9.59 Å². The summed E-state index contributed by atoms with van der Waals surface area (Å²) in [6.07, 6.45) is 1.78. The standard InChI is InChI=1S/C29H32N4O4/c1-17-12-23(29(36)33-15-18(2)30-19(3)16-33)26(31-17)14-24-27-22(8-5-9-25(27)32-28(24)35)20-6-4-7-21(13-20)37-11-10-34/h4-9,12-14,18-19,30-31,34H,10-11,15-16H2,1-3H3,(H,32,35)/b24-14-/t18-,19+. The maximum absolute atomic E-state index is 13.6. The van der Waals surface area contributed by atoms with Crippen LogP contribution in [0.25, 0.3) is 22.8 Å². The molecule has 3 heterocycles. The molecule has 1 aromatic heterocycles. The second-order valence-corrected chi connectivity index (χ2v) is 9.80. The molecule has 0 aliphatic carbocycles. The number of H-pyrrole nitrogens is 1. The first-order chi connectivity index (χ1) is 17.8.